The van der Waals surface area contributed by atoms with Crippen LogP contribution in [-0.4, -0.2) is 59.3 Å². The summed E-state index contributed by atoms with van der Waals surface area (Å²) < 4.78 is 0. The molecular formula is C24H30N4O2. The average Bonchev–Trinajstić information content (AvgIpc) is 3.27. The first-order chi connectivity index (χ1) is 14.5. The Labute approximate surface area is 178 Å². The number of rotatable bonds is 7. The van der Waals surface area contributed by atoms with Crippen molar-refractivity contribution in [3.8, 4) is 0 Å². The van der Waals surface area contributed by atoms with Crippen LogP contribution in [0.1, 0.15) is 47.8 Å². The Kier molecular flexibility index (Phi) is 7.36. The van der Waals surface area contributed by atoms with E-state index in [1.807, 2.05) is 17.9 Å². The second-order valence-electron chi connectivity index (χ2n) is 7.57. The summed E-state index contributed by atoms with van der Waals surface area (Å²) in [5.74, 6) is -0.208. The van der Waals surface area contributed by atoms with E-state index in [2.05, 4.69) is 46.4 Å². The van der Waals surface area contributed by atoms with E-state index in [1.54, 1.807) is 31.5 Å². The third-order valence-electron chi connectivity index (χ3n) is 5.76. The van der Waals surface area contributed by atoms with Crippen LogP contribution < -0.4 is 5.32 Å². The molecule has 2 heterocycles. The number of carbonyl (C=O) groups excluding carboxylic acids is 2. The highest BCUT2D eigenvalue weighted by Gasteiger charge is 2.31. The molecule has 1 saturated heterocycles. The second-order valence-corrected chi connectivity index (χ2v) is 7.57. The van der Waals surface area contributed by atoms with Crippen LogP contribution in [0.5, 0.6) is 0 Å². The zero-order chi connectivity index (χ0) is 21.5. The predicted octanol–water partition coefficient (Wildman–Crippen LogP) is 3.14. The molecule has 1 aliphatic heterocycles. The first-order valence-corrected chi connectivity index (χ1v) is 10.5. The van der Waals surface area contributed by atoms with Crippen molar-refractivity contribution in [3.63, 3.8) is 0 Å². The number of hydrogen-bond donors (Lipinski definition) is 1. The molecule has 2 atom stereocenters. The predicted molar refractivity (Wildman–Crippen MR) is 119 cm³/mol. The molecule has 2 amide bonds. The fourth-order valence-electron chi connectivity index (χ4n) is 3.99. The third-order valence-corrected chi connectivity index (χ3v) is 5.76. The largest absolute Gasteiger partial charge is 0.355 e. The molecule has 1 N–H and O–H groups in total. The van der Waals surface area contributed by atoms with E-state index in [0.29, 0.717) is 18.2 Å². The highest BCUT2D eigenvalue weighted by atomic mass is 16.2. The number of carbonyl (C=O) groups is 2. The van der Waals surface area contributed by atoms with Crippen LogP contribution in [-0.2, 0) is 4.79 Å². The summed E-state index contributed by atoms with van der Waals surface area (Å²) in [6, 6.07) is 12.7. The van der Waals surface area contributed by atoms with Gasteiger partial charge in [0.05, 0.1) is 5.56 Å². The molecule has 1 fully saturated rings. The number of hydrogen-bond acceptors (Lipinski definition) is 4. The lowest BCUT2D eigenvalue weighted by Gasteiger charge is -2.29. The minimum atomic E-state index is -0.196. The molecule has 6 nitrogen and oxygen atoms in total. The summed E-state index contributed by atoms with van der Waals surface area (Å²) in [5.41, 5.74) is 2.50. The number of likely N-dealkylation sites (tertiary alicyclic amines) is 1. The summed E-state index contributed by atoms with van der Waals surface area (Å²) >= 11 is 0. The van der Waals surface area contributed by atoms with Crippen molar-refractivity contribution in [2.75, 3.05) is 26.7 Å². The Balaban J connectivity index is 1.64. The van der Waals surface area contributed by atoms with Crippen LogP contribution in [0.25, 0.3) is 6.08 Å². The van der Waals surface area contributed by atoms with Crippen LogP contribution in [0.4, 0.5) is 0 Å². The van der Waals surface area contributed by atoms with Gasteiger partial charge in [-0.3, -0.25) is 19.5 Å². The highest BCUT2D eigenvalue weighted by molar-refractivity contribution is 5.95. The zero-order valence-corrected chi connectivity index (χ0v) is 17.9. The lowest BCUT2D eigenvalue weighted by molar-refractivity contribution is -0.127. The van der Waals surface area contributed by atoms with Gasteiger partial charge < -0.3 is 10.2 Å². The van der Waals surface area contributed by atoms with Gasteiger partial charge in [0.25, 0.3) is 5.91 Å². The molecule has 2 aromatic rings. The standard InChI is InChI=1S/C24H30N4O2/c1-4-28(22-12-13-27(17-22)18(2)20-8-6-5-7-9-20)23(29)11-10-19-14-21(16-26-15-19)24(30)25-3/h5-11,14-16,18,22H,4,12-13,17H2,1-3H3,(H,25,30)/b11-10+. The van der Waals surface area contributed by atoms with Crippen molar-refractivity contribution < 1.29 is 9.59 Å². The Morgan fingerprint density at radius 3 is 2.77 bits per heavy atom. The molecule has 30 heavy (non-hydrogen) atoms. The van der Waals surface area contributed by atoms with E-state index in [1.165, 1.54) is 11.8 Å². The maximum Gasteiger partial charge on any atom is 0.252 e. The summed E-state index contributed by atoms with van der Waals surface area (Å²) in [7, 11) is 1.58. The number of aromatic nitrogens is 1. The van der Waals surface area contributed by atoms with Crippen molar-refractivity contribution in [2.45, 2.75) is 32.4 Å². The monoisotopic (exact) mass is 406 g/mol. The number of nitrogens with zero attached hydrogens (tertiary/aromatic N) is 3. The molecule has 0 aliphatic carbocycles. The molecule has 1 aromatic carbocycles. The van der Waals surface area contributed by atoms with E-state index in [9.17, 15) is 9.59 Å². The van der Waals surface area contributed by atoms with Crippen LogP contribution in [0.3, 0.4) is 0 Å². The molecular weight excluding hydrogens is 376 g/mol. The fraction of sp³-hybridized carbons (Fsp3) is 0.375. The minimum absolute atomic E-state index is 0.0120. The van der Waals surface area contributed by atoms with Crippen LogP contribution in [0.2, 0.25) is 0 Å². The minimum Gasteiger partial charge on any atom is -0.355 e. The van der Waals surface area contributed by atoms with Crippen molar-refractivity contribution in [3.05, 3.63) is 71.6 Å². The van der Waals surface area contributed by atoms with Gasteiger partial charge in [0.15, 0.2) is 0 Å². The van der Waals surface area contributed by atoms with Gasteiger partial charge in [-0.05, 0) is 43.5 Å². The van der Waals surface area contributed by atoms with Gasteiger partial charge in [0.1, 0.15) is 0 Å². The van der Waals surface area contributed by atoms with Crippen molar-refractivity contribution in [1.82, 2.24) is 20.1 Å². The first kappa shape index (κ1) is 21.7. The lowest BCUT2D eigenvalue weighted by Crippen LogP contribution is -2.41. The third kappa shape index (κ3) is 5.13. The van der Waals surface area contributed by atoms with E-state index >= 15 is 0 Å². The SMILES string of the molecule is CCN(C(=O)/C=C/c1cncc(C(=O)NC)c1)C1CCN(C(C)c2ccccc2)C1. The average molecular weight is 407 g/mol. The molecule has 1 aliphatic rings. The zero-order valence-electron chi connectivity index (χ0n) is 17.9. The van der Waals surface area contributed by atoms with Gasteiger partial charge in [-0.1, -0.05) is 30.3 Å². The quantitative estimate of drug-likeness (QED) is 0.718. The van der Waals surface area contributed by atoms with E-state index < -0.39 is 0 Å². The number of amides is 2. The maximum absolute atomic E-state index is 12.9. The summed E-state index contributed by atoms with van der Waals surface area (Å²) in [5, 5.41) is 2.58. The van der Waals surface area contributed by atoms with Gasteiger partial charge in [-0.15, -0.1) is 0 Å². The van der Waals surface area contributed by atoms with Gasteiger partial charge in [-0.2, -0.15) is 0 Å². The van der Waals surface area contributed by atoms with Gasteiger partial charge in [0, 0.05) is 57.2 Å². The van der Waals surface area contributed by atoms with Crippen LogP contribution in [0, 0.1) is 0 Å². The lowest BCUT2D eigenvalue weighted by atomic mass is 10.1. The summed E-state index contributed by atoms with van der Waals surface area (Å²) in [6.07, 6.45) is 7.43. The van der Waals surface area contributed by atoms with Gasteiger partial charge in [0.2, 0.25) is 5.91 Å². The van der Waals surface area contributed by atoms with Crippen molar-refractivity contribution >= 4 is 17.9 Å². The van der Waals surface area contributed by atoms with Crippen LogP contribution in [0.15, 0.2) is 54.9 Å². The summed E-state index contributed by atoms with van der Waals surface area (Å²) in [4.78, 5) is 33.1. The Morgan fingerprint density at radius 1 is 1.30 bits per heavy atom. The molecule has 0 spiro atoms. The highest BCUT2D eigenvalue weighted by Crippen LogP contribution is 2.26. The smallest absolute Gasteiger partial charge is 0.252 e. The second kappa shape index (κ2) is 10.2. The number of benzene rings is 1. The Morgan fingerprint density at radius 2 is 2.07 bits per heavy atom. The van der Waals surface area contributed by atoms with Crippen molar-refractivity contribution in [1.29, 1.82) is 0 Å². The number of pyridine rings is 1. The van der Waals surface area contributed by atoms with Gasteiger partial charge >= 0.3 is 0 Å². The molecule has 3 rings (SSSR count). The normalized spacial score (nSPS) is 17.8. The molecule has 0 radical (unpaired) electrons. The fourth-order valence-corrected chi connectivity index (χ4v) is 3.99. The Bertz CT molecular complexity index is 897. The topological polar surface area (TPSA) is 65.5 Å². The molecule has 2 unspecified atom stereocenters. The molecule has 0 saturated carbocycles. The van der Waals surface area contributed by atoms with E-state index in [0.717, 1.165) is 25.1 Å². The number of nitrogens with one attached hydrogen (secondary N) is 1. The molecule has 1 aromatic heterocycles. The summed E-state index contributed by atoms with van der Waals surface area (Å²) in [6.45, 7) is 6.76. The van der Waals surface area contributed by atoms with E-state index in [-0.39, 0.29) is 17.9 Å². The van der Waals surface area contributed by atoms with Crippen LogP contribution >= 0.6 is 0 Å². The first-order valence-electron chi connectivity index (χ1n) is 10.5. The van der Waals surface area contributed by atoms with Crippen molar-refractivity contribution in [2.24, 2.45) is 0 Å². The molecule has 6 heteroatoms. The maximum atomic E-state index is 12.9. The number of likely N-dealkylation sites (N-methyl/N-ethyl adjacent to an activating group) is 1. The van der Waals surface area contributed by atoms with Gasteiger partial charge in [-0.25, -0.2) is 0 Å². The molecule has 0 bridgehead atoms. The molecule has 158 valence electrons. The van der Waals surface area contributed by atoms with E-state index in [4.69, 9.17) is 0 Å². The Hall–Kier alpha value is -2.99.